The van der Waals surface area contributed by atoms with Crippen LogP contribution in [0.15, 0.2) is 48.5 Å². The number of aromatic carboxylic acids is 1. The van der Waals surface area contributed by atoms with Gasteiger partial charge in [0.2, 0.25) is 0 Å². The standard InChI is InChI=1S/C18H19NO2/c20-18(21)15-7-5-13(6-8-15)11-19-12-16-10-9-14-3-1-2-4-17(14)16/h1-8,16,19H,9-12H2,(H,20,21). The van der Waals surface area contributed by atoms with Crippen molar-refractivity contribution in [1.82, 2.24) is 5.32 Å². The highest BCUT2D eigenvalue weighted by molar-refractivity contribution is 5.87. The lowest BCUT2D eigenvalue weighted by Crippen LogP contribution is -2.20. The first-order chi connectivity index (χ1) is 10.2. The molecule has 1 unspecified atom stereocenters. The maximum Gasteiger partial charge on any atom is 0.335 e. The van der Waals surface area contributed by atoms with E-state index in [0.717, 1.165) is 18.7 Å². The minimum atomic E-state index is -0.878. The van der Waals surface area contributed by atoms with E-state index >= 15 is 0 Å². The fourth-order valence-electron chi connectivity index (χ4n) is 3.01. The molecule has 0 bridgehead atoms. The van der Waals surface area contributed by atoms with Gasteiger partial charge in [-0.1, -0.05) is 36.4 Å². The second kappa shape index (κ2) is 6.10. The maximum absolute atomic E-state index is 10.8. The highest BCUT2D eigenvalue weighted by atomic mass is 16.4. The molecule has 0 saturated heterocycles. The summed E-state index contributed by atoms with van der Waals surface area (Å²) < 4.78 is 0. The third kappa shape index (κ3) is 3.14. The fourth-order valence-corrected chi connectivity index (χ4v) is 3.01. The monoisotopic (exact) mass is 281 g/mol. The van der Waals surface area contributed by atoms with Crippen LogP contribution in [0.3, 0.4) is 0 Å². The summed E-state index contributed by atoms with van der Waals surface area (Å²) in [4.78, 5) is 10.8. The number of aryl methyl sites for hydroxylation is 1. The fraction of sp³-hybridized carbons (Fsp3) is 0.278. The molecule has 3 nitrogen and oxygen atoms in total. The van der Waals surface area contributed by atoms with Gasteiger partial charge < -0.3 is 10.4 Å². The first kappa shape index (κ1) is 13.8. The number of benzene rings is 2. The molecule has 1 aliphatic carbocycles. The normalized spacial score (nSPS) is 16.7. The van der Waals surface area contributed by atoms with Gasteiger partial charge in [-0.05, 0) is 47.6 Å². The Kier molecular flexibility index (Phi) is 4.02. The molecule has 3 heteroatoms. The third-order valence-electron chi connectivity index (χ3n) is 4.18. The summed E-state index contributed by atoms with van der Waals surface area (Å²) in [7, 11) is 0. The van der Waals surface area contributed by atoms with Crippen LogP contribution in [0.2, 0.25) is 0 Å². The maximum atomic E-state index is 10.8. The molecule has 21 heavy (non-hydrogen) atoms. The second-order valence-corrected chi connectivity index (χ2v) is 5.57. The van der Waals surface area contributed by atoms with E-state index in [9.17, 15) is 4.79 Å². The van der Waals surface area contributed by atoms with E-state index in [-0.39, 0.29) is 0 Å². The zero-order valence-corrected chi connectivity index (χ0v) is 11.9. The van der Waals surface area contributed by atoms with Gasteiger partial charge in [0.15, 0.2) is 0 Å². The Morgan fingerprint density at radius 3 is 2.67 bits per heavy atom. The van der Waals surface area contributed by atoms with E-state index in [1.807, 2.05) is 12.1 Å². The van der Waals surface area contributed by atoms with Crippen molar-refractivity contribution in [3.8, 4) is 0 Å². The molecule has 1 atom stereocenters. The summed E-state index contributed by atoms with van der Waals surface area (Å²) in [6, 6.07) is 15.7. The topological polar surface area (TPSA) is 49.3 Å². The lowest BCUT2D eigenvalue weighted by Gasteiger charge is -2.13. The Bertz CT molecular complexity index is 634. The quantitative estimate of drug-likeness (QED) is 0.884. The molecule has 2 N–H and O–H groups in total. The molecule has 2 aromatic carbocycles. The molecular formula is C18H19NO2. The van der Waals surface area contributed by atoms with Crippen LogP contribution in [0, 0.1) is 0 Å². The van der Waals surface area contributed by atoms with Crippen molar-refractivity contribution in [1.29, 1.82) is 0 Å². The average molecular weight is 281 g/mol. The van der Waals surface area contributed by atoms with Crippen molar-refractivity contribution >= 4 is 5.97 Å². The number of rotatable bonds is 5. The molecule has 0 heterocycles. The van der Waals surface area contributed by atoms with Crippen LogP contribution in [-0.4, -0.2) is 17.6 Å². The van der Waals surface area contributed by atoms with Crippen molar-refractivity contribution in [3.05, 3.63) is 70.8 Å². The van der Waals surface area contributed by atoms with Gasteiger partial charge >= 0.3 is 5.97 Å². The summed E-state index contributed by atoms with van der Waals surface area (Å²) in [6.07, 6.45) is 2.39. The van der Waals surface area contributed by atoms with Gasteiger partial charge in [-0.25, -0.2) is 4.79 Å². The lowest BCUT2D eigenvalue weighted by atomic mass is 10.0. The first-order valence-corrected chi connectivity index (χ1v) is 7.35. The molecule has 0 spiro atoms. The number of hydrogen-bond donors (Lipinski definition) is 2. The highest BCUT2D eigenvalue weighted by Gasteiger charge is 2.21. The molecule has 0 radical (unpaired) electrons. The van der Waals surface area contributed by atoms with Crippen LogP contribution in [-0.2, 0) is 13.0 Å². The molecule has 3 rings (SSSR count). The van der Waals surface area contributed by atoms with Crippen LogP contribution in [0.25, 0.3) is 0 Å². The van der Waals surface area contributed by atoms with Crippen molar-refractivity contribution < 1.29 is 9.90 Å². The van der Waals surface area contributed by atoms with Crippen molar-refractivity contribution in [2.24, 2.45) is 0 Å². The Labute approximate surface area is 124 Å². The average Bonchev–Trinajstić information content (AvgIpc) is 2.91. The number of hydrogen-bond acceptors (Lipinski definition) is 2. The van der Waals surface area contributed by atoms with Gasteiger partial charge in [0.05, 0.1) is 5.56 Å². The molecule has 0 aliphatic heterocycles. The van der Waals surface area contributed by atoms with Crippen LogP contribution in [0.1, 0.15) is 39.4 Å². The number of carbonyl (C=O) groups is 1. The largest absolute Gasteiger partial charge is 0.478 e. The van der Waals surface area contributed by atoms with Gasteiger partial charge in [0.1, 0.15) is 0 Å². The molecule has 2 aromatic rings. The summed E-state index contributed by atoms with van der Waals surface area (Å²) >= 11 is 0. The first-order valence-electron chi connectivity index (χ1n) is 7.35. The molecular weight excluding hydrogens is 262 g/mol. The summed E-state index contributed by atoms with van der Waals surface area (Å²) in [6.45, 7) is 1.75. The van der Waals surface area contributed by atoms with E-state index in [0.29, 0.717) is 11.5 Å². The third-order valence-corrected chi connectivity index (χ3v) is 4.18. The van der Waals surface area contributed by atoms with Crippen LogP contribution < -0.4 is 5.32 Å². The highest BCUT2D eigenvalue weighted by Crippen LogP contribution is 2.32. The van der Waals surface area contributed by atoms with Crippen LogP contribution in [0.5, 0.6) is 0 Å². The summed E-state index contributed by atoms with van der Waals surface area (Å²) in [5.41, 5.74) is 4.41. The van der Waals surface area contributed by atoms with E-state index < -0.39 is 5.97 Å². The number of carboxylic acid groups (broad SMARTS) is 1. The minimum Gasteiger partial charge on any atom is -0.478 e. The Morgan fingerprint density at radius 1 is 1.14 bits per heavy atom. The van der Waals surface area contributed by atoms with Crippen molar-refractivity contribution in [2.45, 2.75) is 25.3 Å². The molecule has 108 valence electrons. The summed E-state index contributed by atoms with van der Waals surface area (Å²) in [5.74, 6) is -0.281. The number of nitrogens with one attached hydrogen (secondary N) is 1. The molecule has 1 aliphatic rings. The van der Waals surface area contributed by atoms with Gasteiger partial charge in [-0.2, -0.15) is 0 Å². The zero-order chi connectivity index (χ0) is 14.7. The molecule has 0 aromatic heterocycles. The van der Waals surface area contributed by atoms with Gasteiger partial charge in [-0.3, -0.25) is 0 Å². The van der Waals surface area contributed by atoms with Crippen molar-refractivity contribution in [3.63, 3.8) is 0 Å². The Morgan fingerprint density at radius 2 is 1.90 bits per heavy atom. The number of fused-ring (bicyclic) bond motifs is 1. The Hall–Kier alpha value is -2.13. The lowest BCUT2D eigenvalue weighted by molar-refractivity contribution is 0.0697. The summed E-state index contributed by atoms with van der Waals surface area (Å²) in [5, 5.41) is 12.4. The predicted molar refractivity (Wildman–Crippen MR) is 82.6 cm³/mol. The zero-order valence-electron chi connectivity index (χ0n) is 11.9. The molecule has 0 fully saturated rings. The van der Waals surface area contributed by atoms with E-state index in [2.05, 4.69) is 29.6 Å². The number of carboxylic acids is 1. The van der Waals surface area contributed by atoms with Gasteiger partial charge in [-0.15, -0.1) is 0 Å². The molecule has 0 saturated carbocycles. The smallest absolute Gasteiger partial charge is 0.335 e. The van der Waals surface area contributed by atoms with Gasteiger partial charge in [0, 0.05) is 13.1 Å². The van der Waals surface area contributed by atoms with Crippen LogP contribution in [0.4, 0.5) is 0 Å². The van der Waals surface area contributed by atoms with Crippen LogP contribution >= 0.6 is 0 Å². The molecule has 0 amide bonds. The second-order valence-electron chi connectivity index (χ2n) is 5.57. The minimum absolute atomic E-state index is 0.337. The van der Waals surface area contributed by atoms with E-state index in [4.69, 9.17) is 5.11 Å². The Balaban J connectivity index is 1.54. The predicted octanol–water partition coefficient (Wildman–Crippen LogP) is 3.20. The van der Waals surface area contributed by atoms with E-state index in [1.165, 1.54) is 24.0 Å². The SMILES string of the molecule is O=C(O)c1ccc(CNCC2CCc3ccccc32)cc1. The van der Waals surface area contributed by atoms with E-state index in [1.54, 1.807) is 12.1 Å². The van der Waals surface area contributed by atoms with Crippen molar-refractivity contribution in [2.75, 3.05) is 6.54 Å². The van der Waals surface area contributed by atoms with Gasteiger partial charge in [0.25, 0.3) is 0 Å².